The molecule has 1 aliphatic heterocycles. The van der Waals surface area contributed by atoms with Crippen molar-refractivity contribution in [1.82, 2.24) is 9.97 Å². The highest BCUT2D eigenvalue weighted by Gasteiger charge is 2.27. The summed E-state index contributed by atoms with van der Waals surface area (Å²) < 4.78 is 4.72. The summed E-state index contributed by atoms with van der Waals surface area (Å²) in [5.41, 5.74) is 0.364. The van der Waals surface area contributed by atoms with E-state index in [1.54, 1.807) is 0 Å². The molecule has 1 aliphatic rings. The Hall–Kier alpha value is -1.69. The Morgan fingerprint density at radius 1 is 1.61 bits per heavy atom. The minimum absolute atomic E-state index is 0.152. The third-order valence-electron chi connectivity index (χ3n) is 3.26. The van der Waals surface area contributed by atoms with Gasteiger partial charge in [-0.05, 0) is 12.3 Å². The summed E-state index contributed by atoms with van der Waals surface area (Å²) in [6.45, 7) is 3.32. The molecule has 0 aromatic carbocycles. The molecule has 0 amide bonds. The number of nitrogens with zero attached hydrogens (tertiary/aromatic N) is 3. The van der Waals surface area contributed by atoms with Crippen molar-refractivity contribution in [3.63, 3.8) is 0 Å². The number of ether oxygens (including phenoxy) is 1. The van der Waals surface area contributed by atoms with E-state index in [0.717, 1.165) is 0 Å². The quantitative estimate of drug-likeness (QED) is 0.770. The number of esters is 1. The highest BCUT2D eigenvalue weighted by Crippen LogP contribution is 2.24. The Morgan fingerprint density at radius 2 is 2.39 bits per heavy atom. The molecule has 1 N–H and O–H groups in total. The van der Waals surface area contributed by atoms with Crippen LogP contribution in [-0.2, 0) is 4.74 Å². The molecule has 0 spiro atoms. The number of carbonyl (C=O) groups excluding carboxylic acids is 1. The van der Waals surface area contributed by atoms with Crippen molar-refractivity contribution in [2.45, 2.75) is 19.4 Å². The van der Waals surface area contributed by atoms with E-state index in [1.807, 2.05) is 11.8 Å². The number of hydrogen-bond acceptors (Lipinski definition) is 6. The van der Waals surface area contributed by atoms with Gasteiger partial charge in [0, 0.05) is 19.3 Å². The summed E-state index contributed by atoms with van der Waals surface area (Å²) in [4.78, 5) is 21.7. The fourth-order valence-corrected chi connectivity index (χ4v) is 2.15. The lowest BCUT2D eigenvalue weighted by Crippen LogP contribution is -2.43. The van der Waals surface area contributed by atoms with Gasteiger partial charge in [0.2, 0.25) is 0 Å². The molecular weight excluding hydrogens is 234 g/mol. The van der Waals surface area contributed by atoms with Crippen molar-refractivity contribution in [1.29, 1.82) is 0 Å². The van der Waals surface area contributed by atoms with Crippen LogP contribution in [0.1, 0.15) is 23.7 Å². The number of aromatic nitrogens is 2. The molecule has 6 nitrogen and oxygen atoms in total. The van der Waals surface area contributed by atoms with Crippen molar-refractivity contribution in [3.05, 3.63) is 18.1 Å². The standard InChI is InChI=1S/C12H17N3O3/c1-8-6-15(4-3-10(8)16)11-9(12(17)18-2)5-13-7-14-11/h5,7-8,10,16H,3-4,6H2,1-2H3. The second-order valence-electron chi connectivity index (χ2n) is 4.53. The average molecular weight is 251 g/mol. The Labute approximate surface area is 106 Å². The van der Waals surface area contributed by atoms with Gasteiger partial charge in [-0.15, -0.1) is 0 Å². The first-order valence-electron chi connectivity index (χ1n) is 5.94. The van der Waals surface area contributed by atoms with Crippen LogP contribution in [-0.4, -0.2) is 47.3 Å². The smallest absolute Gasteiger partial charge is 0.343 e. The molecule has 18 heavy (non-hydrogen) atoms. The van der Waals surface area contributed by atoms with Gasteiger partial charge in [-0.25, -0.2) is 14.8 Å². The first-order chi connectivity index (χ1) is 8.63. The molecule has 98 valence electrons. The second-order valence-corrected chi connectivity index (χ2v) is 4.53. The van der Waals surface area contributed by atoms with Gasteiger partial charge < -0.3 is 14.7 Å². The molecule has 6 heteroatoms. The minimum Gasteiger partial charge on any atom is -0.465 e. The molecule has 1 aromatic rings. The third-order valence-corrected chi connectivity index (χ3v) is 3.26. The van der Waals surface area contributed by atoms with Gasteiger partial charge in [-0.1, -0.05) is 6.92 Å². The second kappa shape index (κ2) is 5.30. The van der Waals surface area contributed by atoms with Gasteiger partial charge in [0.1, 0.15) is 17.7 Å². The number of methoxy groups -OCH3 is 1. The lowest BCUT2D eigenvalue weighted by Gasteiger charge is -2.35. The highest BCUT2D eigenvalue weighted by atomic mass is 16.5. The lowest BCUT2D eigenvalue weighted by atomic mass is 9.96. The fraction of sp³-hybridized carbons (Fsp3) is 0.583. The molecule has 0 saturated carbocycles. The van der Waals surface area contributed by atoms with E-state index >= 15 is 0 Å². The molecule has 2 rings (SSSR count). The number of piperidine rings is 1. The fourth-order valence-electron chi connectivity index (χ4n) is 2.15. The number of hydrogen-bond donors (Lipinski definition) is 1. The van der Waals surface area contributed by atoms with E-state index in [-0.39, 0.29) is 12.0 Å². The summed E-state index contributed by atoms with van der Waals surface area (Å²) >= 11 is 0. The summed E-state index contributed by atoms with van der Waals surface area (Å²) in [5, 5.41) is 9.72. The molecule has 2 unspecified atom stereocenters. The van der Waals surface area contributed by atoms with Crippen molar-refractivity contribution in [2.24, 2.45) is 5.92 Å². The zero-order valence-corrected chi connectivity index (χ0v) is 10.5. The van der Waals surface area contributed by atoms with E-state index in [2.05, 4.69) is 9.97 Å². The molecule has 2 heterocycles. The van der Waals surface area contributed by atoms with E-state index in [4.69, 9.17) is 4.74 Å². The van der Waals surface area contributed by atoms with E-state index in [1.165, 1.54) is 19.6 Å². The van der Waals surface area contributed by atoms with Crippen LogP contribution in [0.4, 0.5) is 5.82 Å². The van der Waals surface area contributed by atoms with Crippen LogP contribution in [0, 0.1) is 5.92 Å². The Bertz CT molecular complexity index is 438. The van der Waals surface area contributed by atoms with Crippen molar-refractivity contribution in [2.75, 3.05) is 25.1 Å². The summed E-state index contributed by atoms with van der Waals surface area (Å²) in [6.07, 6.45) is 3.26. The first kappa shape index (κ1) is 12.8. The van der Waals surface area contributed by atoms with Gasteiger partial charge >= 0.3 is 5.97 Å². The SMILES string of the molecule is COC(=O)c1cncnc1N1CCC(O)C(C)C1. The Kier molecular flexibility index (Phi) is 3.76. The van der Waals surface area contributed by atoms with Gasteiger partial charge in [0.05, 0.1) is 13.2 Å². The van der Waals surface area contributed by atoms with Gasteiger partial charge in [0.15, 0.2) is 0 Å². The lowest BCUT2D eigenvalue weighted by molar-refractivity contribution is 0.0599. The van der Waals surface area contributed by atoms with Gasteiger partial charge in [0.25, 0.3) is 0 Å². The number of rotatable bonds is 2. The molecule has 1 aromatic heterocycles. The van der Waals surface area contributed by atoms with Gasteiger partial charge in [-0.3, -0.25) is 0 Å². The minimum atomic E-state index is -0.440. The first-order valence-corrected chi connectivity index (χ1v) is 5.94. The highest BCUT2D eigenvalue weighted by molar-refractivity contribution is 5.94. The third kappa shape index (κ3) is 2.43. The molecule has 2 atom stereocenters. The summed E-state index contributed by atoms with van der Waals surface area (Å²) in [5.74, 6) is 0.291. The van der Waals surface area contributed by atoms with Crippen LogP contribution in [0.3, 0.4) is 0 Å². The predicted octanol–water partition coefficient (Wildman–Crippen LogP) is 0.470. The maximum absolute atomic E-state index is 11.6. The normalized spacial score (nSPS) is 23.8. The van der Waals surface area contributed by atoms with Crippen molar-refractivity contribution in [3.8, 4) is 0 Å². The van der Waals surface area contributed by atoms with Crippen LogP contribution in [0.25, 0.3) is 0 Å². The molecule has 0 bridgehead atoms. The molecule has 1 fully saturated rings. The van der Waals surface area contributed by atoms with Crippen LogP contribution in [0.2, 0.25) is 0 Å². The molecule has 0 radical (unpaired) electrons. The Morgan fingerprint density at radius 3 is 3.06 bits per heavy atom. The van der Waals surface area contributed by atoms with E-state index in [9.17, 15) is 9.90 Å². The predicted molar refractivity (Wildman–Crippen MR) is 65.4 cm³/mol. The largest absolute Gasteiger partial charge is 0.465 e. The average Bonchev–Trinajstić information content (AvgIpc) is 2.41. The topological polar surface area (TPSA) is 75.5 Å². The maximum Gasteiger partial charge on any atom is 0.343 e. The van der Waals surface area contributed by atoms with Crippen LogP contribution in [0.5, 0.6) is 0 Å². The molecule has 1 saturated heterocycles. The monoisotopic (exact) mass is 251 g/mol. The van der Waals surface area contributed by atoms with Crippen molar-refractivity contribution >= 4 is 11.8 Å². The van der Waals surface area contributed by atoms with Crippen LogP contribution < -0.4 is 4.90 Å². The number of carbonyl (C=O) groups is 1. The zero-order valence-electron chi connectivity index (χ0n) is 10.5. The Balaban J connectivity index is 2.25. The number of aliphatic hydroxyl groups excluding tert-OH is 1. The maximum atomic E-state index is 11.6. The molecular formula is C12H17N3O3. The van der Waals surface area contributed by atoms with Crippen LogP contribution in [0.15, 0.2) is 12.5 Å². The van der Waals surface area contributed by atoms with E-state index < -0.39 is 5.97 Å². The van der Waals surface area contributed by atoms with Crippen molar-refractivity contribution < 1.29 is 14.6 Å². The number of anilines is 1. The summed E-state index contributed by atoms with van der Waals surface area (Å²) in [6, 6.07) is 0. The zero-order chi connectivity index (χ0) is 13.1. The number of aliphatic hydroxyl groups is 1. The van der Waals surface area contributed by atoms with E-state index in [0.29, 0.717) is 30.9 Å². The van der Waals surface area contributed by atoms with Crippen LogP contribution >= 0.6 is 0 Å². The summed E-state index contributed by atoms with van der Waals surface area (Å²) in [7, 11) is 1.34. The molecule has 0 aliphatic carbocycles. The van der Waals surface area contributed by atoms with Gasteiger partial charge in [-0.2, -0.15) is 0 Å².